The highest BCUT2D eigenvalue weighted by Gasteiger charge is 2.48. The number of rotatable bonds is 6. The molecule has 1 aliphatic carbocycles. The van der Waals surface area contributed by atoms with Gasteiger partial charge < -0.3 is 28.4 Å². The average Bonchev–Trinajstić information content (AvgIpc) is 3.15. The molecule has 0 N–H and O–H groups in total. The highest BCUT2D eigenvalue weighted by molar-refractivity contribution is 5.78. The predicted molar refractivity (Wildman–Crippen MR) is 109 cm³/mol. The minimum Gasteiger partial charge on any atom is -0.493 e. The number of esters is 1. The van der Waals surface area contributed by atoms with Gasteiger partial charge in [-0.1, -0.05) is 0 Å². The summed E-state index contributed by atoms with van der Waals surface area (Å²) in [6.45, 7) is 0.415. The van der Waals surface area contributed by atoms with E-state index in [2.05, 4.69) is 0 Å². The van der Waals surface area contributed by atoms with Gasteiger partial charge >= 0.3 is 5.97 Å². The Morgan fingerprint density at radius 3 is 1.97 bits per heavy atom. The summed E-state index contributed by atoms with van der Waals surface area (Å²) >= 11 is 0. The summed E-state index contributed by atoms with van der Waals surface area (Å²) in [5.74, 6) is 2.27. The predicted octanol–water partition coefficient (Wildman–Crippen LogP) is 3.21. The van der Waals surface area contributed by atoms with Crippen LogP contribution >= 0.6 is 0 Å². The van der Waals surface area contributed by atoms with Gasteiger partial charge in [0.05, 0.1) is 48.1 Å². The van der Waals surface area contributed by atoms with Crippen LogP contribution in [0.2, 0.25) is 0 Å². The molecular formula is C23H26O7. The normalized spacial score (nSPS) is 21.9. The summed E-state index contributed by atoms with van der Waals surface area (Å²) in [6, 6.07) is 7.77. The smallest absolute Gasteiger partial charge is 0.310 e. The van der Waals surface area contributed by atoms with E-state index in [-0.39, 0.29) is 23.7 Å². The molecule has 7 heteroatoms. The molecule has 4 rings (SSSR count). The fraction of sp³-hybridized carbons (Fsp3) is 0.435. The Kier molecular flexibility index (Phi) is 5.37. The summed E-state index contributed by atoms with van der Waals surface area (Å²) in [5.41, 5.74) is 3.03. The van der Waals surface area contributed by atoms with Gasteiger partial charge in [0.25, 0.3) is 0 Å². The molecule has 2 aliphatic rings. The molecule has 0 amide bonds. The summed E-state index contributed by atoms with van der Waals surface area (Å²) < 4.78 is 33.1. The number of methoxy groups -OCH3 is 5. The molecule has 1 aliphatic heterocycles. The fourth-order valence-corrected chi connectivity index (χ4v) is 4.72. The molecule has 30 heavy (non-hydrogen) atoms. The van der Waals surface area contributed by atoms with Crippen molar-refractivity contribution >= 4 is 5.97 Å². The summed E-state index contributed by atoms with van der Waals surface area (Å²) in [4.78, 5) is 12.7. The van der Waals surface area contributed by atoms with Gasteiger partial charge in [-0.15, -0.1) is 0 Å². The molecule has 0 aromatic heterocycles. The van der Waals surface area contributed by atoms with Crippen molar-refractivity contribution in [2.75, 3.05) is 42.2 Å². The molecule has 0 saturated carbocycles. The second-order valence-electron chi connectivity index (χ2n) is 7.46. The quantitative estimate of drug-likeness (QED) is 0.672. The largest absolute Gasteiger partial charge is 0.493 e. The van der Waals surface area contributed by atoms with E-state index in [0.717, 1.165) is 23.1 Å². The first-order chi connectivity index (χ1) is 14.6. The Morgan fingerprint density at radius 2 is 1.40 bits per heavy atom. The molecule has 1 heterocycles. The summed E-state index contributed by atoms with van der Waals surface area (Å²) in [6.07, 6.45) is 0.743. The SMILES string of the molecule is COc1cc2c(cc1OC)[C@H](c1cc(OC)c(OC)c(OC)c1)[C@H]1C(=O)OC[C@@H]1C2. The molecule has 2 aromatic carbocycles. The highest BCUT2D eigenvalue weighted by atomic mass is 16.5. The Morgan fingerprint density at radius 1 is 0.800 bits per heavy atom. The first-order valence-corrected chi connectivity index (χ1v) is 9.77. The number of benzene rings is 2. The average molecular weight is 414 g/mol. The Hall–Kier alpha value is -3.09. The van der Waals surface area contributed by atoms with Crippen molar-refractivity contribution in [3.8, 4) is 28.7 Å². The third-order valence-corrected chi connectivity index (χ3v) is 6.09. The van der Waals surface area contributed by atoms with E-state index in [1.807, 2.05) is 24.3 Å². The van der Waals surface area contributed by atoms with Crippen LogP contribution in [0, 0.1) is 11.8 Å². The van der Waals surface area contributed by atoms with Crippen LogP contribution in [0.25, 0.3) is 0 Å². The van der Waals surface area contributed by atoms with Crippen molar-refractivity contribution in [1.29, 1.82) is 0 Å². The maximum Gasteiger partial charge on any atom is 0.310 e. The van der Waals surface area contributed by atoms with E-state index in [0.29, 0.717) is 35.4 Å². The van der Waals surface area contributed by atoms with E-state index in [9.17, 15) is 4.79 Å². The van der Waals surface area contributed by atoms with E-state index >= 15 is 0 Å². The molecule has 160 valence electrons. The van der Waals surface area contributed by atoms with Gasteiger partial charge in [0.2, 0.25) is 5.75 Å². The molecule has 0 unspecified atom stereocenters. The lowest BCUT2D eigenvalue weighted by atomic mass is 9.67. The fourth-order valence-electron chi connectivity index (χ4n) is 4.72. The Labute approximate surface area is 175 Å². The lowest BCUT2D eigenvalue weighted by molar-refractivity contribution is -0.141. The van der Waals surface area contributed by atoms with Crippen molar-refractivity contribution in [2.24, 2.45) is 11.8 Å². The molecule has 2 aromatic rings. The van der Waals surface area contributed by atoms with Gasteiger partial charge in [0, 0.05) is 11.8 Å². The first-order valence-electron chi connectivity index (χ1n) is 9.77. The molecular weight excluding hydrogens is 388 g/mol. The molecule has 0 bridgehead atoms. The number of hydrogen-bond donors (Lipinski definition) is 0. The van der Waals surface area contributed by atoms with Crippen molar-refractivity contribution in [2.45, 2.75) is 12.3 Å². The van der Waals surface area contributed by atoms with Crippen LogP contribution in [0.5, 0.6) is 28.7 Å². The van der Waals surface area contributed by atoms with E-state index in [1.54, 1.807) is 35.5 Å². The van der Waals surface area contributed by atoms with Gasteiger partial charge in [0.1, 0.15) is 0 Å². The minimum atomic E-state index is -0.293. The van der Waals surface area contributed by atoms with Crippen LogP contribution in [-0.2, 0) is 16.0 Å². The van der Waals surface area contributed by atoms with E-state index in [1.165, 1.54) is 0 Å². The third kappa shape index (κ3) is 3.09. The third-order valence-electron chi connectivity index (χ3n) is 6.09. The lowest BCUT2D eigenvalue weighted by Gasteiger charge is -2.34. The van der Waals surface area contributed by atoms with Gasteiger partial charge in [0.15, 0.2) is 23.0 Å². The minimum absolute atomic E-state index is 0.0900. The highest BCUT2D eigenvalue weighted by Crippen LogP contribution is 2.51. The zero-order valence-electron chi connectivity index (χ0n) is 17.8. The lowest BCUT2D eigenvalue weighted by Crippen LogP contribution is -2.31. The molecule has 7 nitrogen and oxygen atoms in total. The zero-order chi connectivity index (χ0) is 21.4. The van der Waals surface area contributed by atoms with Crippen LogP contribution in [-0.4, -0.2) is 48.1 Å². The van der Waals surface area contributed by atoms with Crippen molar-refractivity contribution in [1.82, 2.24) is 0 Å². The topological polar surface area (TPSA) is 72.5 Å². The second-order valence-corrected chi connectivity index (χ2v) is 7.46. The van der Waals surface area contributed by atoms with Crippen LogP contribution in [0.1, 0.15) is 22.6 Å². The van der Waals surface area contributed by atoms with Gasteiger partial charge in [-0.05, 0) is 47.4 Å². The number of carbonyl (C=O) groups excluding carboxylic acids is 1. The van der Waals surface area contributed by atoms with Crippen molar-refractivity contribution < 1.29 is 33.2 Å². The molecule has 0 spiro atoms. The van der Waals surface area contributed by atoms with E-state index in [4.69, 9.17) is 28.4 Å². The maximum absolute atomic E-state index is 12.7. The number of fused-ring (bicyclic) bond motifs is 2. The molecule has 1 saturated heterocycles. The van der Waals surface area contributed by atoms with Crippen LogP contribution in [0.4, 0.5) is 0 Å². The first kappa shape index (κ1) is 20.2. The maximum atomic E-state index is 12.7. The Balaban J connectivity index is 1.94. The second kappa shape index (κ2) is 7.97. The number of hydrogen-bond acceptors (Lipinski definition) is 7. The number of cyclic esters (lactones) is 1. The molecule has 1 fully saturated rings. The van der Waals surface area contributed by atoms with Crippen LogP contribution in [0.3, 0.4) is 0 Å². The van der Waals surface area contributed by atoms with Gasteiger partial charge in [-0.3, -0.25) is 4.79 Å². The number of ether oxygens (including phenoxy) is 6. The number of carbonyl (C=O) groups is 1. The summed E-state index contributed by atoms with van der Waals surface area (Å²) in [7, 11) is 7.95. The standard InChI is InChI=1S/C23H26O7/c1-25-16-7-12-6-14-11-30-23(24)21(14)20(15(12)10-17(16)26-2)13-8-18(27-3)22(29-5)19(9-13)28-4/h7-10,14,20-21H,6,11H2,1-5H3/t14-,20-,21-/m0/s1. The molecule has 0 radical (unpaired) electrons. The van der Waals surface area contributed by atoms with E-state index < -0.39 is 0 Å². The van der Waals surface area contributed by atoms with Gasteiger partial charge in [-0.2, -0.15) is 0 Å². The molecule has 3 atom stereocenters. The van der Waals surface area contributed by atoms with Gasteiger partial charge in [-0.25, -0.2) is 0 Å². The summed E-state index contributed by atoms with van der Waals surface area (Å²) in [5, 5.41) is 0. The Bertz CT molecular complexity index is 943. The monoisotopic (exact) mass is 414 g/mol. The van der Waals surface area contributed by atoms with Crippen molar-refractivity contribution in [3.05, 3.63) is 41.0 Å². The zero-order valence-corrected chi connectivity index (χ0v) is 17.8. The van der Waals surface area contributed by atoms with Crippen molar-refractivity contribution in [3.63, 3.8) is 0 Å². The van der Waals surface area contributed by atoms with Crippen LogP contribution in [0.15, 0.2) is 24.3 Å². The van der Waals surface area contributed by atoms with Crippen LogP contribution < -0.4 is 23.7 Å².